The summed E-state index contributed by atoms with van der Waals surface area (Å²) in [5, 5.41) is 3.58. The van der Waals surface area contributed by atoms with Gasteiger partial charge in [0.15, 0.2) is 0 Å². The van der Waals surface area contributed by atoms with Crippen molar-refractivity contribution < 1.29 is 0 Å². The quantitative estimate of drug-likeness (QED) is 0.671. The van der Waals surface area contributed by atoms with Crippen LogP contribution in [0.2, 0.25) is 0 Å². The lowest BCUT2D eigenvalue weighted by atomic mass is 9.97. The van der Waals surface area contributed by atoms with Crippen LogP contribution in [-0.4, -0.2) is 18.6 Å². The predicted molar refractivity (Wildman–Crippen MR) is 53.0 cm³/mol. The molecule has 0 spiro atoms. The van der Waals surface area contributed by atoms with Gasteiger partial charge in [-0.15, -0.1) is 0 Å². The van der Waals surface area contributed by atoms with Crippen molar-refractivity contribution in [3.8, 4) is 0 Å². The van der Waals surface area contributed by atoms with Crippen LogP contribution in [0.4, 0.5) is 0 Å². The highest BCUT2D eigenvalue weighted by molar-refractivity contribution is 4.86. The Balaban J connectivity index is 2.33. The third kappa shape index (κ3) is 2.20. The molecule has 0 bridgehead atoms. The molecule has 0 aromatic rings. The molecule has 4 unspecified atom stereocenters. The second-order valence-electron chi connectivity index (χ2n) is 4.32. The Kier molecular flexibility index (Phi) is 3.53. The molecule has 1 aliphatic rings. The monoisotopic (exact) mass is 170 g/mol. The highest BCUT2D eigenvalue weighted by Gasteiger charge is 2.29. The first-order chi connectivity index (χ1) is 5.65. The van der Waals surface area contributed by atoms with Crippen LogP contribution >= 0.6 is 0 Å². The molecule has 0 heterocycles. The molecule has 3 N–H and O–H groups in total. The van der Waals surface area contributed by atoms with Gasteiger partial charge in [-0.25, -0.2) is 0 Å². The zero-order valence-corrected chi connectivity index (χ0v) is 8.51. The second-order valence-corrected chi connectivity index (χ2v) is 4.32. The van der Waals surface area contributed by atoms with Crippen LogP contribution in [0.3, 0.4) is 0 Å². The van der Waals surface area contributed by atoms with E-state index in [9.17, 15) is 0 Å². The van der Waals surface area contributed by atoms with E-state index in [-0.39, 0.29) is 0 Å². The molecule has 12 heavy (non-hydrogen) atoms. The molecule has 0 amide bonds. The van der Waals surface area contributed by atoms with Crippen LogP contribution in [0, 0.1) is 11.8 Å². The van der Waals surface area contributed by atoms with Crippen molar-refractivity contribution in [1.82, 2.24) is 5.32 Å². The SMILES string of the molecule is CC(CN)NC1CCC(C)C1C. The highest BCUT2D eigenvalue weighted by atomic mass is 15.0. The van der Waals surface area contributed by atoms with Crippen LogP contribution < -0.4 is 11.1 Å². The predicted octanol–water partition coefficient (Wildman–Crippen LogP) is 1.36. The van der Waals surface area contributed by atoms with E-state index < -0.39 is 0 Å². The molecular formula is C10H22N2. The largest absolute Gasteiger partial charge is 0.329 e. The molecule has 0 saturated heterocycles. The number of hydrogen-bond donors (Lipinski definition) is 2. The molecule has 4 atom stereocenters. The highest BCUT2D eigenvalue weighted by Crippen LogP contribution is 2.31. The van der Waals surface area contributed by atoms with Crippen molar-refractivity contribution in [3.63, 3.8) is 0 Å². The van der Waals surface area contributed by atoms with E-state index in [1.165, 1.54) is 12.8 Å². The van der Waals surface area contributed by atoms with Gasteiger partial charge in [0.2, 0.25) is 0 Å². The zero-order chi connectivity index (χ0) is 9.14. The van der Waals surface area contributed by atoms with Gasteiger partial charge in [0, 0.05) is 18.6 Å². The summed E-state index contributed by atoms with van der Waals surface area (Å²) in [6.45, 7) is 7.60. The number of rotatable bonds is 3. The van der Waals surface area contributed by atoms with Crippen molar-refractivity contribution in [3.05, 3.63) is 0 Å². The van der Waals surface area contributed by atoms with Crippen molar-refractivity contribution in [2.24, 2.45) is 17.6 Å². The van der Waals surface area contributed by atoms with Crippen molar-refractivity contribution in [2.75, 3.05) is 6.54 Å². The fourth-order valence-corrected chi connectivity index (χ4v) is 2.03. The Morgan fingerprint density at radius 1 is 1.42 bits per heavy atom. The van der Waals surface area contributed by atoms with Crippen LogP contribution in [0.1, 0.15) is 33.6 Å². The summed E-state index contributed by atoms with van der Waals surface area (Å²) >= 11 is 0. The van der Waals surface area contributed by atoms with E-state index in [2.05, 4.69) is 26.1 Å². The third-order valence-electron chi connectivity index (χ3n) is 3.32. The molecule has 0 aromatic carbocycles. The molecule has 2 nitrogen and oxygen atoms in total. The maximum Gasteiger partial charge on any atom is 0.0164 e. The molecule has 1 saturated carbocycles. The van der Waals surface area contributed by atoms with E-state index in [4.69, 9.17) is 5.73 Å². The molecule has 0 radical (unpaired) electrons. The van der Waals surface area contributed by atoms with Gasteiger partial charge < -0.3 is 11.1 Å². The van der Waals surface area contributed by atoms with Gasteiger partial charge >= 0.3 is 0 Å². The van der Waals surface area contributed by atoms with E-state index in [0.29, 0.717) is 12.1 Å². The molecule has 1 aliphatic carbocycles. The first kappa shape index (κ1) is 10.0. The van der Waals surface area contributed by atoms with Gasteiger partial charge in [0.25, 0.3) is 0 Å². The lowest BCUT2D eigenvalue weighted by Crippen LogP contribution is -2.42. The summed E-state index contributed by atoms with van der Waals surface area (Å²) in [5.74, 6) is 1.70. The van der Waals surface area contributed by atoms with Crippen molar-refractivity contribution in [1.29, 1.82) is 0 Å². The Hall–Kier alpha value is -0.0800. The Morgan fingerprint density at radius 3 is 2.50 bits per heavy atom. The van der Waals surface area contributed by atoms with Gasteiger partial charge in [0.05, 0.1) is 0 Å². The number of nitrogens with two attached hydrogens (primary N) is 1. The average Bonchev–Trinajstić information content (AvgIpc) is 2.36. The summed E-state index contributed by atoms with van der Waals surface area (Å²) in [6, 6.07) is 1.18. The maximum atomic E-state index is 5.57. The summed E-state index contributed by atoms with van der Waals surface area (Å²) in [4.78, 5) is 0. The Bertz CT molecular complexity index is 136. The fraction of sp³-hybridized carbons (Fsp3) is 1.00. The molecule has 0 aliphatic heterocycles. The van der Waals surface area contributed by atoms with E-state index in [1.54, 1.807) is 0 Å². The lowest BCUT2D eigenvalue weighted by Gasteiger charge is -2.23. The minimum absolute atomic E-state index is 0.475. The summed E-state index contributed by atoms with van der Waals surface area (Å²) in [6.07, 6.45) is 2.70. The molecule has 1 rings (SSSR count). The van der Waals surface area contributed by atoms with Crippen LogP contribution in [0.15, 0.2) is 0 Å². The number of hydrogen-bond acceptors (Lipinski definition) is 2. The lowest BCUT2D eigenvalue weighted by molar-refractivity contribution is 0.346. The van der Waals surface area contributed by atoms with Gasteiger partial charge in [-0.05, 0) is 31.6 Å². The van der Waals surface area contributed by atoms with Crippen molar-refractivity contribution in [2.45, 2.75) is 45.7 Å². The first-order valence-corrected chi connectivity index (χ1v) is 5.11. The average molecular weight is 170 g/mol. The fourth-order valence-electron chi connectivity index (χ4n) is 2.03. The van der Waals surface area contributed by atoms with Crippen LogP contribution in [-0.2, 0) is 0 Å². The summed E-state index contributed by atoms with van der Waals surface area (Å²) < 4.78 is 0. The van der Waals surface area contributed by atoms with Crippen LogP contribution in [0.5, 0.6) is 0 Å². The first-order valence-electron chi connectivity index (χ1n) is 5.11. The van der Waals surface area contributed by atoms with Gasteiger partial charge in [0.1, 0.15) is 0 Å². The smallest absolute Gasteiger partial charge is 0.0164 e. The minimum atomic E-state index is 0.475. The van der Waals surface area contributed by atoms with E-state index in [0.717, 1.165) is 18.4 Å². The normalized spacial score (nSPS) is 38.5. The van der Waals surface area contributed by atoms with Gasteiger partial charge in [-0.1, -0.05) is 13.8 Å². The Labute approximate surface area is 75.9 Å². The minimum Gasteiger partial charge on any atom is -0.329 e. The third-order valence-corrected chi connectivity index (χ3v) is 3.32. The van der Waals surface area contributed by atoms with Crippen LogP contribution in [0.25, 0.3) is 0 Å². The van der Waals surface area contributed by atoms with Gasteiger partial charge in [-0.3, -0.25) is 0 Å². The topological polar surface area (TPSA) is 38.0 Å². The molecular weight excluding hydrogens is 148 g/mol. The molecule has 0 aromatic heterocycles. The van der Waals surface area contributed by atoms with Gasteiger partial charge in [-0.2, -0.15) is 0 Å². The second kappa shape index (κ2) is 4.24. The van der Waals surface area contributed by atoms with Crippen molar-refractivity contribution >= 4 is 0 Å². The van der Waals surface area contributed by atoms with E-state index in [1.807, 2.05) is 0 Å². The molecule has 1 fully saturated rings. The Morgan fingerprint density at radius 2 is 2.08 bits per heavy atom. The standard InChI is InChI=1S/C10H22N2/c1-7-4-5-10(9(7)3)12-8(2)6-11/h7-10,12H,4-6,11H2,1-3H3. The number of nitrogens with one attached hydrogen (secondary N) is 1. The van der Waals surface area contributed by atoms with E-state index >= 15 is 0 Å². The molecule has 2 heteroatoms. The summed E-state index contributed by atoms with van der Waals surface area (Å²) in [7, 11) is 0. The molecule has 72 valence electrons. The maximum absolute atomic E-state index is 5.57. The summed E-state index contributed by atoms with van der Waals surface area (Å²) in [5.41, 5.74) is 5.57. The zero-order valence-electron chi connectivity index (χ0n) is 8.51.